The Bertz CT molecular complexity index is 4820. The third-order valence-corrected chi connectivity index (χ3v) is 18.5. The van der Waals surface area contributed by atoms with E-state index in [0.717, 1.165) is 5.39 Å². The summed E-state index contributed by atoms with van der Waals surface area (Å²) < 4.78 is 0. The lowest BCUT2D eigenvalue weighted by atomic mass is 9.79. The molecule has 0 spiro atoms. The van der Waals surface area contributed by atoms with Crippen molar-refractivity contribution in [2.24, 2.45) is 0 Å². The van der Waals surface area contributed by atoms with Crippen LogP contribution in [0.4, 0.5) is 0 Å². The summed E-state index contributed by atoms with van der Waals surface area (Å²) in [4.78, 5) is 9.47. The van der Waals surface area contributed by atoms with E-state index >= 15 is 0 Å². The summed E-state index contributed by atoms with van der Waals surface area (Å²) in [6.45, 7) is 9.51. The minimum absolute atomic E-state index is 0.0927. The largest absolute Gasteiger partial charge is 0.264 e. The van der Waals surface area contributed by atoms with Gasteiger partial charge in [0.05, 0.1) is 0 Å². The van der Waals surface area contributed by atoms with Crippen molar-refractivity contribution in [1.82, 2.24) is 9.97 Å². The van der Waals surface area contributed by atoms with Crippen molar-refractivity contribution in [2.75, 3.05) is 0 Å². The van der Waals surface area contributed by atoms with Gasteiger partial charge in [-0.2, -0.15) is 0 Å². The average molecular weight is 1050 g/mol. The Morgan fingerprint density at radius 3 is 1.06 bits per heavy atom. The Morgan fingerprint density at radius 2 is 0.549 bits per heavy atom. The number of aromatic nitrogens is 2. The third-order valence-electron chi connectivity index (χ3n) is 18.5. The van der Waals surface area contributed by atoms with Crippen LogP contribution in [0.3, 0.4) is 0 Å². The normalized spacial score (nSPS) is 13.6. The van der Waals surface area contributed by atoms with Crippen LogP contribution in [0.2, 0.25) is 0 Å². The van der Waals surface area contributed by atoms with Crippen LogP contribution in [0.15, 0.2) is 267 Å². The van der Waals surface area contributed by atoms with Gasteiger partial charge >= 0.3 is 0 Å². The summed E-state index contributed by atoms with van der Waals surface area (Å²) in [6.07, 6.45) is 8.00. The van der Waals surface area contributed by atoms with Crippen LogP contribution < -0.4 is 0 Å². The topological polar surface area (TPSA) is 25.8 Å². The van der Waals surface area contributed by atoms with Crippen molar-refractivity contribution in [2.45, 2.75) is 38.5 Å². The maximum atomic E-state index is 4.79. The number of hydrogen-bond acceptors (Lipinski definition) is 2. The molecule has 0 bridgehead atoms. The Morgan fingerprint density at radius 1 is 0.220 bits per heavy atom. The summed E-state index contributed by atoms with van der Waals surface area (Å²) in [5.74, 6) is 0. The molecular formula is C80H56N2. The van der Waals surface area contributed by atoms with Crippen LogP contribution in [0, 0.1) is 0 Å². The zero-order valence-electron chi connectivity index (χ0n) is 46.3. The molecule has 0 fully saturated rings. The van der Waals surface area contributed by atoms with Gasteiger partial charge < -0.3 is 0 Å². The van der Waals surface area contributed by atoms with E-state index in [1.54, 1.807) is 0 Å². The van der Waals surface area contributed by atoms with E-state index in [0.29, 0.717) is 0 Å². The summed E-state index contributed by atoms with van der Waals surface area (Å²) in [5.41, 5.74) is 27.5. The molecule has 82 heavy (non-hydrogen) atoms. The molecule has 0 saturated carbocycles. The van der Waals surface area contributed by atoms with Crippen molar-refractivity contribution < 1.29 is 0 Å². The van der Waals surface area contributed by atoms with E-state index in [2.05, 4.69) is 282 Å². The maximum absolute atomic E-state index is 4.79. The lowest BCUT2D eigenvalue weighted by molar-refractivity contribution is 0.660. The highest BCUT2D eigenvalue weighted by molar-refractivity contribution is 6.23. The number of fused-ring (bicyclic) bond motifs is 10. The van der Waals surface area contributed by atoms with Crippen LogP contribution in [0.25, 0.3) is 143 Å². The van der Waals surface area contributed by atoms with Crippen LogP contribution >= 0.6 is 0 Å². The Balaban J connectivity index is 0.714. The van der Waals surface area contributed by atoms with E-state index in [1.165, 1.54) is 160 Å². The van der Waals surface area contributed by atoms with Gasteiger partial charge in [0, 0.05) is 46.4 Å². The van der Waals surface area contributed by atoms with Gasteiger partial charge in [0.2, 0.25) is 0 Å². The zero-order chi connectivity index (χ0) is 54.8. The molecule has 2 aromatic heterocycles. The first-order valence-corrected chi connectivity index (χ1v) is 28.7. The fourth-order valence-electron chi connectivity index (χ4n) is 14.4. The summed E-state index contributed by atoms with van der Waals surface area (Å²) in [7, 11) is 0. The fourth-order valence-corrected chi connectivity index (χ4v) is 14.4. The lowest BCUT2D eigenvalue weighted by Crippen LogP contribution is -2.15. The van der Waals surface area contributed by atoms with Gasteiger partial charge in [0.1, 0.15) is 0 Å². The molecule has 2 aliphatic carbocycles. The second kappa shape index (κ2) is 18.3. The molecule has 2 nitrogen and oxygen atoms in total. The summed E-state index contributed by atoms with van der Waals surface area (Å²) in [6, 6.07) is 90.4. The summed E-state index contributed by atoms with van der Waals surface area (Å²) in [5, 5.41) is 9.67. The molecule has 0 saturated heterocycles. The molecule has 386 valence electrons. The molecule has 2 heteroatoms. The molecule has 0 N–H and O–H groups in total. The van der Waals surface area contributed by atoms with E-state index < -0.39 is 0 Å². The monoisotopic (exact) mass is 1040 g/mol. The zero-order valence-corrected chi connectivity index (χ0v) is 46.3. The van der Waals surface area contributed by atoms with Gasteiger partial charge in [-0.1, -0.05) is 240 Å². The smallest absolute Gasteiger partial charge is 0.0353 e. The van der Waals surface area contributed by atoms with Gasteiger partial charge in [-0.05, 0) is 185 Å². The number of nitrogens with zero attached hydrogens (tertiary/aromatic N) is 2. The SMILES string of the molecule is CC1(C)c2ccccc2-c2ccc(-c3c4ccccc4c(-c4ccc5c(c4)C(C)(C)c4ccc(-c6ccc(-c7ccc(-c8c9ccccc9c(-c9ccc(-c%10ccccc%10)cc9)c9cnccc89)cc7)cc6)cc4-5)c4cnccc34)cc21. The molecule has 0 atom stereocenters. The molecule has 0 unspecified atom stereocenters. The predicted molar refractivity (Wildman–Crippen MR) is 345 cm³/mol. The molecule has 2 heterocycles. The number of hydrogen-bond donors (Lipinski definition) is 0. The molecule has 2 aliphatic rings. The fraction of sp³-hybridized carbons (Fsp3) is 0.0750. The first kappa shape index (κ1) is 47.9. The van der Waals surface area contributed by atoms with Crippen molar-refractivity contribution >= 4 is 43.1 Å². The predicted octanol–water partition coefficient (Wildman–Crippen LogP) is 21.4. The first-order chi connectivity index (χ1) is 40.2. The first-order valence-electron chi connectivity index (χ1n) is 28.7. The Hall–Kier alpha value is -10.0. The molecular weight excluding hydrogens is 989 g/mol. The molecule has 12 aromatic carbocycles. The number of pyridine rings is 2. The highest BCUT2D eigenvalue weighted by atomic mass is 14.6. The van der Waals surface area contributed by atoms with Gasteiger partial charge in [-0.25, -0.2) is 0 Å². The standard InChI is InChI=1S/C80H56N2/c1-79(2)71-21-13-12-16-59(71)60-37-34-57(45-73(60)79)77-64-19-10-11-20-65(64)78(70-48-82-43-41-67(70)77)58-35-38-61-68-44-56(36-39-72(68)80(3,4)74(61)46-58)53-24-22-51(23-25-53)52-28-30-54(31-29-52)75-62-17-8-9-18-63(62)76(69-47-81-42-40-66(69)75)55-32-26-50(27-33-55)49-14-6-5-7-15-49/h5-48H,1-4H3. The van der Waals surface area contributed by atoms with Gasteiger partial charge in [-0.15, -0.1) is 0 Å². The third kappa shape index (κ3) is 7.27. The van der Waals surface area contributed by atoms with Crippen LogP contribution in [0.1, 0.15) is 49.9 Å². The second-order valence-corrected chi connectivity index (χ2v) is 23.6. The minimum Gasteiger partial charge on any atom is -0.264 e. The summed E-state index contributed by atoms with van der Waals surface area (Å²) >= 11 is 0. The van der Waals surface area contributed by atoms with Crippen LogP contribution in [-0.4, -0.2) is 9.97 Å². The Labute approximate surface area is 478 Å². The average Bonchev–Trinajstić information content (AvgIpc) is 4.11. The maximum Gasteiger partial charge on any atom is 0.0353 e. The second-order valence-electron chi connectivity index (χ2n) is 23.6. The minimum atomic E-state index is -0.194. The van der Waals surface area contributed by atoms with Crippen LogP contribution in [-0.2, 0) is 10.8 Å². The van der Waals surface area contributed by atoms with E-state index in [-0.39, 0.29) is 10.8 Å². The van der Waals surface area contributed by atoms with Gasteiger partial charge in [0.25, 0.3) is 0 Å². The van der Waals surface area contributed by atoms with E-state index in [1.807, 2.05) is 18.6 Å². The van der Waals surface area contributed by atoms with E-state index in [9.17, 15) is 0 Å². The van der Waals surface area contributed by atoms with Crippen molar-refractivity contribution in [3.8, 4) is 100 Å². The highest BCUT2D eigenvalue weighted by Crippen LogP contribution is 2.54. The van der Waals surface area contributed by atoms with Crippen molar-refractivity contribution in [3.63, 3.8) is 0 Å². The highest BCUT2D eigenvalue weighted by Gasteiger charge is 2.37. The van der Waals surface area contributed by atoms with Crippen LogP contribution in [0.5, 0.6) is 0 Å². The Kier molecular flexibility index (Phi) is 10.7. The van der Waals surface area contributed by atoms with Crippen molar-refractivity contribution in [1.29, 1.82) is 0 Å². The number of benzene rings is 12. The van der Waals surface area contributed by atoms with Gasteiger partial charge in [0.15, 0.2) is 0 Å². The van der Waals surface area contributed by atoms with Gasteiger partial charge in [-0.3, -0.25) is 9.97 Å². The molecule has 14 aromatic rings. The quantitative estimate of drug-likeness (QED) is 0.149. The molecule has 16 rings (SSSR count). The lowest BCUT2D eigenvalue weighted by Gasteiger charge is -2.24. The van der Waals surface area contributed by atoms with Crippen molar-refractivity contribution in [3.05, 3.63) is 290 Å². The molecule has 0 amide bonds. The van der Waals surface area contributed by atoms with E-state index in [4.69, 9.17) is 4.98 Å². The molecule has 0 aliphatic heterocycles. The molecule has 0 radical (unpaired) electrons. The number of rotatable bonds is 7.